The first kappa shape index (κ1) is 8.85. The van der Waals surface area contributed by atoms with Crippen molar-refractivity contribution < 1.29 is 0 Å². The van der Waals surface area contributed by atoms with Crippen molar-refractivity contribution in [3.8, 4) is 0 Å². The van der Waals surface area contributed by atoms with Crippen LogP contribution in [0.1, 0.15) is 24.5 Å². The molecule has 78 valence electrons. The van der Waals surface area contributed by atoms with Gasteiger partial charge in [0.15, 0.2) is 0 Å². The van der Waals surface area contributed by atoms with Gasteiger partial charge in [-0.3, -0.25) is 4.40 Å². The fraction of sp³-hybridized carbons (Fsp3) is 0.455. The van der Waals surface area contributed by atoms with E-state index in [0.717, 1.165) is 18.9 Å². The number of imidazole rings is 1. The Morgan fingerprint density at radius 2 is 2.20 bits per heavy atom. The van der Waals surface area contributed by atoms with Crippen LogP contribution in [0.5, 0.6) is 0 Å². The molecule has 0 radical (unpaired) electrons. The van der Waals surface area contributed by atoms with Crippen LogP contribution < -0.4 is 5.32 Å². The average molecular weight is 202 g/mol. The van der Waals surface area contributed by atoms with Gasteiger partial charge in [0, 0.05) is 24.5 Å². The normalized spacial score (nSPS) is 18.4. The van der Waals surface area contributed by atoms with E-state index in [4.69, 9.17) is 0 Å². The van der Waals surface area contributed by atoms with E-state index < -0.39 is 0 Å². The molecule has 1 saturated heterocycles. The Hall–Kier alpha value is -1.42. The molecule has 3 rings (SSSR count). The highest BCUT2D eigenvalue weighted by atomic mass is 15.1. The standard InChI is InChI=1S/C11H14N4/c1-4-13-11-14-10(8-15(11)7-1)9-2-5-12-6-3-9/h1,4,7-9,12H,2-3,5-6H2. The molecule has 0 bridgehead atoms. The second-order valence-corrected chi connectivity index (χ2v) is 4.02. The van der Waals surface area contributed by atoms with Crippen molar-refractivity contribution in [1.29, 1.82) is 0 Å². The molecule has 4 nitrogen and oxygen atoms in total. The Labute approximate surface area is 88.4 Å². The highest BCUT2D eigenvalue weighted by Crippen LogP contribution is 2.23. The highest BCUT2D eigenvalue weighted by Gasteiger charge is 2.17. The van der Waals surface area contributed by atoms with Gasteiger partial charge in [-0.2, -0.15) is 0 Å². The molecule has 4 heteroatoms. The maximum absolute atomic E-state index is 4.56. The predicted octanol–water partition coefficient (Wildman–Crippen LogP) is 1.20. The van der Waals surface area contributed by atoms with Gasteiger partial charge >= 0.3 is 0 Å². The van der Waals surface area contributed by atoms with Gasteiger partial charge in [0.05, 0.1) is 5.69 Å². The number of fused-ring (bicyclic) bond motifs is 1. The summed E-state index contributed by atoms with van der Waals surface area (Å²) in [4.78, 5) is 8.79. The van der Waals surface area contributed by atoms with Gasteiger partial charge < -0.3 is 5.32 Å². The second-order valence-electron chi connectivity index (χ2n) is 4.02. The Kier molecular flexibility index (Phi) is 2.14. The SMILES string of the molecule is c1cnc2nc(C3CCNCC3)cn2c1. The van der Waals surface area contributed by atoms with Crippen LogP contribution in [-0.4, -0.2) is 27.5 Å². The quantitative estimate of drug-likeness (QED) is 0.755. The summed E-state index contributed by atoms with van der Waals surface area (Å²) in [6.07, 6.45) is 8.26. The van der Waals surface area contributed by atoms with E-state index in [1.165, 1.54) is 18.5 Å². The summed E-state index contributed by atoms with van der Waals surface area (Å²) >= 11 is 0. The van der Waals surface area contributed by atoms with Crippen molar-refractivity contribution in [3.63, 3.8) is 0 Å². The molecule has 1 aliphatic rings. The van der Waals surface area contributed by atoms with Crippen molar-refractivity contribution >= 4 is 5.78 Å². The largest absolute Gasteiger partial charge is 0.317 e. The minimum absolute atomic E-state index is 0.605. The molecule has 0 spiro atoms. The summed E-state index contributed by atoms with van der Waals surface area (Å²) in [5, 5.41) is 3.37. The molecule has 0 unspecified atom stereocenters. The topological polar surface area (TPSA) is 42.2 Å². The molecule has 0 aromatic carbocycles. The molecule has 0 saturated carbocycles. The maximum atomic E-state index is 4.56. The predicted molar refractivity (Wildman–Crippen MR) is 57.8 cm³/mol. The molecular weight excluding hydrogens is 188 g/mol. The minimum Gasteiger partial charge on any atom is -0.317 e. The van der Waals surface area contributed by atoms with Crippen molar-refractivity contribution in [2.75, 3.05) is 13.1 Å². The fourth-order valence-electron chi connectivity index (χ4n) is 2.16. The summed E-state index contributed by atoms with van der Waals surface area (Å²) in [7, 11) is 0. The zero-order valence-corrected chi connectivity index (χ0v) is 8.56. The monoisotopic (exact) mass is 202 g/mol. The van der Waals surface area contributed by atoms with Gasteiger partial charge in [-0.15, -0.1) is 0 Å². The molecular formula is C11H14N4. The van der Waals surface area contributed by atoms with Crippen molar-refractivity contribution in [2.45, 2.75) is 18.8 Å². The lowest BCUT2D eigenvalue weighted by Crippen LogP contribution is -2.26. The number of hydrogen-bond acceptors (Lipinski definition) is 3. The van der Waals surface area contributed by atoms with Crippen LogP contribution in [0.25, 0.3) is 5.78 Å². The van der Waals surface area contributed by atoms with E-state index in [2.05, 4.69) is 21.5 Å². The van der Waals surface area contributed by atoms with E-state index in [-0.39, 0.29) is 0 Å². The third-order valence-electron chi connectivity index (χ3n) is 3.01. The number of piperidine rings is 1. The van der Waals surface area contributed by atoms with E-state index >= 15 is 0 Å². The van der Waals surface area contributed by atoms with Crippen LogP contribution in [0.3, 0.4) is 0 Å². The van der Waals surface area contributed by atoms with E-state index in [1.54, 1.807) is 6.20 Å². The first-order valence-corrected chi connectivity index (χ1v) is 5.44. The molecule has 2 aromatic heterocycles. The molecule has 0 amide bonds. The van der Waals surface area contributed by atoms with Crippen LogP contribution >= 0.6 is 0 Å². The van der Waals surface area contributed by atoms with Gasteiger partial charge in [-0.1, -0.05) is 0 Å². The minimum atomic E-state index is 0.605. The molecule has 0 atom stereocenters. The Balaban J connectivity index is 1.96. The van der Waals surface area contributed by atoms with Gasteiger partial charge in [0.25, 0.3) is 0 Å². The van der Waals surface area contributed by atoms with Crippen LogP contribution in [0, 0.1) is 0 Å². The van der Waals surface area contributed by atoms with E-state index in [9.17, 15) is 0 Å². The number of hydrogen-bond donors (Lipinski definition) is 1. The average Bonchev–Trinajstić information content (AvgIpc) is 2.74. The Bertz CT molecular complexity index is 423. The fourth-order valence-corrected chi connectivity index (χ4v) is 2.16. The van der Waals surface area contributed by atoms with Crippen LogP contribution in [0.4, 0.5) is 0 Å². The van der Waals surface area contributed by atoms with Gasteiger partial charge in [-0.25, -0.2) is 9.97 Å². The lowest BCUT2D eigenvalue weighted by Gasteiger charge is -2.20. The molecule has 1 aliphatic heterocycles. The Morgan fingerprint density at radius 1 is 1.33 bits per heavy atom. The Morgan fingerprint density at radius 3 is 3.00 bits per heavy atom. The number of nitrogens with zero attached hydrogens (tertiary/aromatic N) is 3. The third-order valence-corrected chi connectivity index (χ3v) is 3.01. The van der Waals surface area contributed by atoms with E-state index in [1.807, 2.05) is 16.7 Å². The van der Waals surface area contributed by atoms with E-state index in [0.29, 0.717) is 5.92 Å². The zero-order chi connectivity index (χ0) is 10.1. The maximum Gasteiger partial charge on any atom is 0.233 e. The van der Waals surface area contributed by atoms with Crippen molar-refractivity contribution in [1.82, 2.24) is 19.7 Å². The number of rotatable bonds is 1. The molecule has 15 heavy (non-hydrogen) atoms. The summed E-state index contributed by atoms with van der Waals surface area (Å²) < 4.78 is 2.00. The highest BCUT2D eigenvalue weighted by molar-refractivity contribution is 5.31. The van der Waals surface area contributed by atoms with Crippen molar-refractivity contribution in [2.24, 2.45) is 0 Å². The van der Waals surface area contributed by atoms with Gasteiger partial charge in [0.1, 0.15) is 0 Å². The van der Waals surface area contributed by atoms with Crippen LogP contribution in [0.2, 0.25) is 0 Å². The first-order chi connectivity index (χ1) is 7.43. The lowest BCUT2D eigenvalue weighted by molar-refractivity contribution is 0.454. The lowest BCUT2D eigenvalue weighted by atomic mass is 9.95. The second kappa shape index (κ2) is 3.62. The van der Waals surface area contributed by atoms with Gasteiger partial charge in [0.2, 0.25) is 5.78 Å². The van der Waals surface area contributed by atoms with Crippen LogP contribution in [0.15, 0.2) is 24.7 Å². The third kappa shape index (κ3) is 1.61. The number of nitrogens with one attached hydrogen (secondary N) is 1. The number of aromatic nitrogens is 3. The summed E-state index contributed by atoms with van der Waals surface area (Å²) in [6.45, 7) is 2.21. The summed E-state index contributed by atoms with van der Waals surface area (Å²) in [5.41, 5.74) is 1.19. The molecule has 3 heterocycles. The van der Waals surface area contributed by atoms with Crippen molar-refractivity contribution in [3.05, 3.63) is 30.4 Å². The summed E-state index contributed by atoms with van der Waals surface area (Å²) in [5.74, 6) is 1.42. The molecule has 1 N–H and O–H groups in total. The molecule has 2 aromatic rings. The zero-order valence-electron chi connectivity index (χ0n) is 8.56. The molecule has 0 aliphatic carbocycles. The first-order valence-electron chi connectivity index (χ1n) is 5.44. The van der Waals surface area contributed by atoms with Crippen LogP contribution in [-0.2, 0) is 0 Å². The molecule has 1 fully saturated rings. The van der Waals surface area contributed by atoms with Gasteiger partial charge in [-0.05, 0) is 32.0 Å². The smallest absolute Gasteiger partial charge is 0.233 e. The summed E-state index contributed by atoms with van der Waals surface area (Å²) in [6, 6.07) is 1.93.